The van der Waals surface area contributed by atoms with Crippen LogP contribution in [0.3, 0.4) is 0 Å². The molecule has 0 aliphatic heterocycles. The molecule has 0 radical (unpaired) electrons. The Hall–Kier alpha value is -3.29. The van der Waals surface area contributed by atoms with Crippen LogP contribution in [0, 0.1) is 0 Å². The maximum absolute atomic E-state index is 12.0. The summed E-state index contributed by atoms with van der Waals surface area (Å²) in [6.45, 7) is -0.174. The number of anilines is 1. The summed E-state index contributed by atoms with van der Waals surface area (Å²) < 4.78 is 10.4. The van der Waals surface area contributed by atoms with Crippen LogP contribution in [-0.4, -0.2) is 24.6 Å². The standard InChI is InChI=1S/C20H15Cl2N3O4/c21-16-8-5-14(10-17(16)22)24-19(26)12-29-15-6-3-13(4-7-15)11-23-25-20(27)18-2-1-9-28-18/h1-11H,12H2,(H,24,26)(H,25,27)/b23-11-. The minimum atomic E-state index is -0.445. The lowest BCUT2D eigenvalue weighted by molar-refractivity contribution is -0.118. The van der Waals surface area contributed by atoms with Gasteiger partial charge in [-0.25, -0.2) is 5.43 Å². The third-order valence-electron chi connectivity index (χ3n) is 3.58. The molecule has 2 amide bonds. The van der Waals surface area contributed by atoms with Crippen LogP contribution in [0.4, 0.5) is 5.69 Å². The van der Waals surface area contributed by atoms with Crippen molar-refractivity contribution >= 4 is 46.9 Å². The van der Waals surface area contributed by atoms with Gasteiger partial charge in [-0.3, -0.25) is 9.59 Å². The molecule has 0 bridgehead atoms. The van der Waals surface area contributed by atoms with Crippen LogP contribution in [0.5, 0.6) is 5.75 Å². The number of nitrogens with zero attached hydrogens (tertiary/aromatic N) is 1. The van der Waals surface area contributed by atoms with E-state index in [1.807, 2.05) is 0 Å². The Labute approximate surface area is 176 Å². The zero-order valence-corrected chi connectivity index (χ0v) is 16.4. The van der Waals surface area contributed by atoms with Crippen molar-refractivity contribution in [1.82, 2.24) is 5.43 Å². The van der Waals surface area contributed by atoms with E-state index in [1.54, 1.807) is 48.5 Å². The Morgan fingerprint density at radius 2 is 1.86 bits per heavy atom. The van der Waals surface area contributed by atoms with Crippen molar-refractivity contribution in [2.45, 2.75) is 0 Å². The van der Waals surface area contributed by atoms with Crippen LogP contribution in [0.25, 0.3) is 0 Å². The quantitative estimate of drug-likeness (QED) is 0.429. The Morgan fingerprint density at radius 3 is 2.55 bits per heavy atom. The minimum absolute atomic E-state index is 0.171. The van der Waals surface area contributed by atoms with Crippen LogP contribution < -0.4 is 15.5 Å². The number of carbonyl (C=O) groups is 2. The average Bonchev–Trinajstić information content (AvgIpc) is 3.25. The molecule has 0 aliphatic rings. The highest BCUT2D eigenvalue weighted by Gasteiger charge is 2.07. The number of rotatable bonds is 7. The molecule has 0 unspecified atom stereocenters. The molecular formula is C20H15Cl2N3O4. The molecular weight excluding hydrogens is 417 g/mol. The van der Waals surface area contributed by atoms with E-state index < -0.39 is 5.91 Å². The summed E-state index contributed by atoms with van der Waals surface area (Å²) >= 11 is 11.7. The first-order chi connectivity index (χ1) is 14.0. The van der Waals surface area contributed by atoms with E-state index in [2.05, 4.69) is 15.8 Å². The van der Waals surface area contributed by atoms with Gasteiger partial charge in [-0.1, -0.05) is 23.2 Å². The molecule has 0 fully saturated rings. The number of hydrazone groups is 1. The Morgan fingerprint density at radius 1 is 1.07 bits per heavy atom. The van der Waals surface area contributed by atoms with E-state index >= 15 is 0 Å². The molecule has 0 aliphatic carbocycles. The van der Waals surface area contributed by atoms with Crippen molar-refractivity contribution < 1.29 is 18.7 Å². The molecule has 1 aromatic heterocycles. The van der Waals surface area contributed by atoms with Gasteiger partial charge in [0.25, 0.3) is 5.91 Å². The van der Waals surface area contributed by atoms with Crippen molar-refractivity contribution in [3.8, 4) is 5.75 Å². The molecule has 2 aromatic carbocycles. The van der Waals surface area contributed by atoms with Crippen LogP contribution in [0.1, 0.15) is 16.1 Å². The smallest absolute Gasteiger partial charge is 0.307 e. The lowest BCUT2D eigenvalue weighted by Crippen LogP contribution is -2.20. The van der Waals surface area contributed by atoms with Crippen molar-refractivity contribution in [3.05, 3.63) is 82.2 Å². The summed E-state index contributed by atoms with van der Waals surface area (Å²) in [7, 11) is 0. The first-order valence-corrected chi connectivity index (χ1v) is 9.11. The molecule has 3 rings (SSSR count). The van der Waals surface area contributed by atoms with E-state index in [4.69, 9.17) is 32.4 Å². The molecule has 0 spiro atoms. The molecule has 1 heterocycles. The number of amides is 2. The fraction of sp³-hybridized carbons (Fsp3) is 0.0500. The van der Waals surface area contributed by atoms with E-state index in [0.29, 0.717) is 21.5 Å². The number of nitrogens with one attached hydrogen (secondary N) is 2. The predicted octanol–water partition coefficient (Wildman–Crippen LogP) is 4.37. The molecule has 148 valence electrons. The first-order valence-electron chi connectivity index (χ1n) is 8.36. The maximum Gasteiger partial charge on any atom is 0.307 e. The molecule has 3 aromatic rings. The highest BCUT2D eigenvalue weighted by Crippen LogP contribution is 2.25. The summed E-state index contributed by atoms with van der Waals surface area (Å²) in [4.78, 5) is 23.6. The number of hydrogen-bond donors (Lipinski definition) is 2. The second-order valence-electron chi connectivity index (χ2n) is 5.71. The summed E-state index contributed by atoms with van der Waals surface area (Å²) in [5, 5.41) is 7.27. The van der Waals surface area contributed by atoms with Crippen LogP contribution in [0.15, 0.2) is 70.4 Å². The third kappa shape index (κ3) is 6.10. The lowest BCUT2D eigenvalue weighted by Gasteiger charge is -2.08. The van der Waals surface area contributed by atoms with E-state index in [1.165, 1.54) is 18.5 Å². The molecule has 9 heteroatoms. The van der Waals surface area contributed by atoms with Gasteiger partial charge in [0.1, 0.15) is 5.75 Å². The van der Waals surface area contributed by atoms with Gasteiger partial charge in [-0.2, -0.15) is 5.10 Å². The Bertz CT molecular complexity index is 1020. The highest BCUT2D eigenvalue weighted by molar-refractivity contribution is 6.42. The number of halogens is 2. The van der Waals surface area contributed by atoms with Crippen molar-refractivity contribution in [2.24, 2.45) is 5.10 Å². The minimum Gasteiger partial charge on any atom is -0.484 e. The van der Waals surface area contributed by atoms with Gasteiger partial charge < -0.3 is 14.5 Å². The van der Waals surface area contributed by atoms with Gasteiger partial charge in [-0.15, -0.1) is 0 Å². The Balaban J connectivity index is 1.46. The molecule has 0 atom stereocenters. The van der Waals surface area contributed by atoms with Gasteiger partial charge in [0.05, 0.1) is 22.5 Å². The van der Waals surface area contributed by atoms with Gasteiger partial charge in [0.2, 0.25) is 0 Å². The third-order valence-corrected chi connectivity index (χ3v) is 4.32. The normalized spacial score (nSPS) is 10.7. The molecule has 0 saturated heterocycles. The van der Waals surface area contributed by atoms with Crippen molar-refractivity contribution in [3.63, 3.8) is 0 Å². The summed E-state index contributed by atoms with van der Waals surface area (Å²) in [5.41, 5.74) is 3.61. The molecule has 2 N–H and O–H groups in total. The largest absolute Gasteiger partial charge is 0.484 e. The topological polar surface area (TPSA) is 92.9 Å². The average molecular weight is 432 g/mol. The SMILES string of the molecule is O=C(COc1ccc(/C=N\NC(=O)c2ccco2)cc1)Nc1ccc(Cl)c(Cl)c1. The highest BCUT2D eigenvalue weighted by atomic mass is 35.5. The van der Waals surface area contributed by atoms with Gasteiger partial charge in [0, 0.05) is 5.69 Å². The summed E-state index contributed by atoms with van der Waals surface area (Å²) in [6, 6.07) is 14.8. The van der Waals surface area contributed by atoms with E-state index in [9.17, 15) is 9.59 Å². The van der Waals surface area contributed by atoms with Crippen LogP contribution >= 0.6 is 23.2 Å². The zero-order chi connectivity index (χ0) is 20.6. The molecule has 0 saturated carbocycles. The number of ether oxygens (including phenoxy) is 1. The fourth-order valence-corrected chi connectivity index (χ4v) is 2.50. The van der Waals surface area contributed by atoms with Crippen LogP contribution in [-0.2, 0) is 4.79 Å². The predicted molar refractivity (Wildman–Crippen MR) is 111 cm³/mol. The molecule has 7 nitrogen and oxygen atoms in total. The lowest BCUT2D eigenvalue weighted by atomic mass is 10.2. The second-order valence-corrected chi connectivity index (χ2v) is 6.53. The number of carbonyl (C=O) groups excluding carboxylic acids is 2. The van der Waals surface area contributed by atoms with E-state index in [-0.39, 0.29) is 18.3 Å². The zero-order valence-electron chi connectivity index (χ0n) is 14.9. The van der Waals surface area contributed by atoms with Crippen LogP contribution in [0.2, 0.25) is 10.0 Å². The van der Waals surface area contributed by atoms with Gasteiger partial charge in [-0.05, 0) is 60.2 Å². The van der Waals surface area contributed by atoms with Gasteiger partial charge in [0.15, 0.2) is 12.4 Å². The Kier molecular flexibility index (Phi) is 6.89. The summed E-state index contributed by atoms with van der Waals surface area (Å²) in [5.74, 6) is -0.107. The molecule has 29 heavy (non-hydrogen) atoms. The number of benzene rings is 2. The monoisotopic (exact) mass is 431 g/mol. The van der Waals surface area contributed by atoms with Crippen molar-refractivity contribution in [1.29, 1.82) is 0 Å². The summed E-state index contributed by atoms with van der Waals surface area (Å²) in [6.07, 6.45) is 2.88. The van der Waals surface area contributed by atoms with E-state index in [0.717, 1.165) is 5.56 Å². The second kappa shape index (κ2) is 9.77. The fourth-order valence-electron chi connectivity index (χ4n) is 2.20. The van der Waals surface area contributed by atoms with Crippen molar-refractivity contribution in [2.75, 3.05) is 11.9 Å². The number of furan rings is 1. The first kappa shape index (κ1) is 20.4. The maximum atomic E-state index is 12.0. The van der Waals surface area contributed by atoms with Gasteiger partial charge >= 0.3 is 5.91 Å². The number of hydrogen-bond acceptors (Lipinski definition) is 5.